The number of thiazole rings is 2. The van der Waals surface area contributed by atoms with Crippen molar-refractivity contribution >= 4 is 32.9 Å². The normalized spacial score (nSPS) is 14.2. The fourth-order valence-corrected chi connectivity index (χ4v) is 4.39. The van der Waals surface area contributed by atoms with E-state index in [0.29, 0.717) is 11.7 Å². The van der Waals surface area contributed by atoms with Crippen LogP contribution in [-0.4, -0.2) is 30.6 Å². The van der Waals surface area contributed by atoms with Gasteiger partial charge in [0.2, 0.25) is 5.82 Å². The van der Waals surface area contributed by atoms with Crippen molar-refractivity contribution in [1.29, 1.82) is 0 Å². The number of H-pyrrole nitrogens is 1. The molecular weight excluding hydrogens is 352 g/mol. The lowest BCUT2D eigenvalue weighted by molar-refractivity contribution is 0.412. The van der Waals surface area contributed by atoms with Crippen LogP contribution in [0.25, 0.3) is 21.0 Å². The van der Waals surface area contributed by atoms with Crippen molar-refractivity contribution < 1.29 is 0 Å². The summed E-state index contributed by atoms with van der Waals surface area (Å²) >= 11 is 3.16. The lowest BCUT2D eigenvalue weighted by Gasteiger charge is -2.22. The molecule has 0 aliphatic heterocycles. The molecule has 0 unspecified atom stereocenters. The molecule has 25 heavy (non-hydrogen) atoms. The molecule has 1 aliphatic carbocycles. The first-order chi connectivity index (χ1) is 12.3. The molecule has 0 atom stereocenters. The van der Waals surface area contributed by atoms with E-state index >= 15 is 0 Å². The number of benzene rings is 1. The van der Waals surface area contributed by atoms with Crippen LogP contribution in [0.3, 0.4) is 0 Å². The van der Waals surface area contributed by atoms with Crippen LogP contribution in [0.15, 0.2) is 23.6 Å². The van der Waals surface area contributed by atoms with Crippen molar-refractivity contribution in [2.75, 3.05) is 0 Å². The van der Waals surface area contributed by atoms with Gasteiger partial charge in [0, 0.05) is 16.9 Å². The summed E-state index contributed by atoms with van der Waals surface area (Å²) in [5, 5.41) is 17.8. The van der Waals surface area contributed by atoms with E-state index in [1.54, 1.807) is 11.3 Å². The highest BCUT2D eigenvalue weighted by Gasteiger charge is 2.21. The molecule has 4 aromatic rings. The van der Waals surface area contributed by atoms with E-state index in [1.165, 1.54) is 36.3 Å². The van der Waals surface area contributed by atoms with Crippen LogP contribution in [0.2, 0.25) is 0 Å². The summed E-state index contributed by atoms with van der Waals surface area (Å²) in [5.74, 6) is 7.57. The zero-order chi connectivity index (χ0) is 16.6. The zero-order valence-corrected chi connectivity index (χ0v) is 14.7. The molecule has 0 bridgehead atoms. The number of aromatic nitrogens is 6. The number of rotatable bonds is 2. The Morgan fingerprint density at radius 1 is 1.16 bits per heavy atom. The molecule has 1 aromatic carbocycles. The molecule has 0 amide bonds. The van der Waals surface area contributed by atoms with Gasteiger partial charge >= 0.3 is 0 Å². The van der Waals surface area contributed by atoms with Crippen LogP contribution in [-0.2, 0) is 0 Å². The van der Waals surface area contributed by atoms with E-state index in [2.05, 4.69) is 47.8 Å². The van der Waals surface area contributed by atoms with Crippen molar-refractivity contribution in [2.45, 2.75) is 25.2 Å². The molecule has 8 heteroatoms. The number of nitrogens with zero attached hydrogens (tertiary/aromatic N) is 5. The smallest absolute Gasteiger partial charge is 0.232 e. The Labute approximate surface area is 151 Å². The minimum Gasteiger partial charge on any atom is -0.232 e. The van der Waals surface area contributed by atoms with Crippen LogP contribution in [0.1, 0.15) is 41.4 Å². The first kappa shape index (κ1) is 14.7. The highest BCUT2D eigenvalue weighted by atomic mass is 32.1. The Hall–Kier alpha value is -2.63. The SMILES string of the molecule is C(#Cc1nc(C2CCC2)cs1)c1ccc2nc(-c3nn[nH]n3)sc2c1. The third kappa shape index (κ3) is 2.81. The summed E-state index contributed by atoms with van der Waals surface area (Å²) < 4.78 is 1.06. The molecule has 0 saturated heterocycles. The van der Waals surface area contributed by atoms with E-state index in [1.807, 2.05) is 18.2 Å². The Kier molecular flexibility index (Phi) is 3.54. The molecule has 0 radical (unpaired) electrons. The lowest BCUT2D eigenvalue weighted by atomic mass is 9.83. The van der Waals surface area contributed by atoms with Gasteiger partial charge < -0.3 is 0 Å². The molecular formula is C17H12N6S2. The lowest BCUT2D eigenvalue weighted by Crippen LogP contribution is -2.08. The van der Waals surface area contributed by atoms with E-state index in [4.69, 9.17) is 0 Å². The van der Waals surface area contributed by atoms with Crippen LogP contribution < -0.4 is 0 Å². The molecule has 1 fully saturated rings. The maximum absolute atomic E-state index is 4.66. The van der Waals surface area contributed by atoms with Crippen molar-refractivity contribution in [3.05, 3.63) is 39.8 Å². The Morgan fingerprint density at radius 2 is 2.12 bits per heavy atom. The molecule has 1 saturated carbocycles. The monoisotopic (exact) mass is 364 g/mol. The third-order valence-corrected chi connectivity index (χ3v) is 6.07. The van der Waals surface area contributed by atoms with Crippen molar-refractivity contribution in [2.24, 2.45) is 0 Å². The van der Waals surface area contributed by atoms with Crippen LogP contribution in [0.5, 0.6) is 0 Å². The number of aromatic amines is 1. The Morgan fingerprint density at radius 3 is 2.92 bits per heavy atom. The van der Waals surface area contributed by atoms with Gasteiger partial charge in [-0.25, -0.2) is 9.97 Å². The number of tetrazole rings is 1. The van der Waals surface area contributed by atoms with Crippen LogP contribution in [0.4, 0.5) is 0 Å². The molecule has 1 aliphatic rings. The van der Waals surface area contributed by atoms with Crippen LogP contribution >= 0.6 is 22.7 Å². The van der Waals surface area contributed by atoms with E-state index < -0.39 is 0 Å². The first-order valence-corrected chi connectivity index (χ1v) is 9.66. The fraction of sp³-hybridized carbons (Fsp3) is 0.235. The maximum atomic E-state index is 4.66. The van der Waals surface area contributed by atoms with Gasteiger partial charge in [0.05, 0.1) is 15.9 Å². The number of fused-ring (bicyclic) bond motifs is 1. The quantitative estimate of drug-likeness (QED) is 0.550. The molecule has 0 spiro atoms. The molecule has 1 N–H and O–H groups in total. The number of hydrogen-bond donors (Lipinski definition) is 1. The minimum absolute atomic E-state index is 0.514. The molecule has 122 valence electrons. The number of hydrogen-bond acceptors (Lipinski definition) is 7. The second-order valence-corrected chi connectivity index (χ2v) is 7.78. The second-order valence-electron chi connectivity index (χ2n) is 5.89. The molecule has 5 rings (SSSR count). The predicted octanol–water partition coefficient (Wildman–Crippen LogP) is 3.60. The third-order valence-electron chi connectivity index (χ3n) is 4.28. The highest BCUT2D eigenvalue weighted by molar-refractivity contribution is 7.21. The summed E-state index contributed by atoms with van der Waals surface area (Å²) in [6.45, 7) is 0. The van der Waals surface area contributed by atoms with Crippen LogP contribution in [0, 0.1) is 11.8 Å². The van der Waals surface area contributed by atoms with Gasteiger partial charge in [0.25, 0.3) is 0 Å². The molecule has 6 nitrogen and oxygen atoms in total. The van der Waals surface area contributed by atoms with Gasteiger partial charge in [0.15, 0.2) is 10.0 Å². The van der Waals surface area contributed by atoms with E-state index in [9.17, 15) is 0 Å². The van der Waals surface area contributed by atoms with Crippen molar-refractivity contribution in [1.82, 2.24) is 30.6 Å². The first-order valence-electron chi connectivity index (χ1n) is 7.97. The maximum Gasteiger partial charge on any atom is 0.233 e. The number of nitrogens with one attached hydrogen (secondary N) is 1. The zero-order valence-electron chi connectivity index (χ0n) is 13.1. The Balaban J connectivity index is 1.42. The van der Waals surface area contributed by atoms with Gasteiger partial charge in [0.1, 0.15) is 0 Å². The van der Waals surface area contributed by atoms with Gasteiger partial charge in [-0.3, -0.25) is 0 Å². The van der Waals surface area contributed by atoms with Gasteiger partial charge in [-0.15, -0.1) is 32.9 Å². The molecule has 3 heterocycles. The minimum atomic E-state index is 0.514. The highest BCUT2D eigenvalue weighted by Crippen LogP contribution is 2.36. The van der Waals surface area contributed by atoms with E-state index in [-0.39, 0.29) is 0 Å². The average Bonchev–Trinajstić information content (AvgIpc) is 3.30. The van der Waals surface area contributed by atoms with Crippen molar-refractivity contribution in [3.63, 3.8) is 0 Å². The largest absolute Gasteiger partial charge is 0.233 e. The van der Waals surface area contributed by atoms with E-state index in [0.717, 1.165) is 25.8 Å². The Bertz CT molecular complexity index is 1100. The topological polar surface area (TPSA) is 80.2 Å². The molecule has 3 aromatic heterocycles. The fourth-order valence-electron chi connectivity index (χ4n) is 2.71. The van der Waals surface area contributed by atoms with Crippen molar-refractivity contribution in [3.8, 4) is 22.7 Å². The summed E-state index contributed by atoms with van der Waals surface area (Å²) in [4.78, 5) is 9.18. The summed E-state index contributed by atoms with van der Waals surface area (Å²) in [7, 11) is 0. The second kappa shape index (κ2) is 6.02. The van der Waals surface area contributed by atoms with Gasteiger partial charge in [-0.2, -0.15) is 5.21 Å². The summed E-state index contributed by atoms with van der Waals surface area (Å²) in [6, 6.07) is 6.00. The summed E-state index contributed by atoms with van der Waals surface area (Å²) in [5.41, 5.74) is 3.08. The standard InChI is InChI=1S/C17H12N6S2/c1-2-11(3-1)13-9-24-15(18-13)7-5-10-4-6-12-14(8-10)25-17(19-12)16-20-22-23-21-16/h4,6,8-9,11H,1-3H2,(H,20,21,22,23). The van der Waals surface area contributed by atoms with Gasteiger partial charge in [-0.1, -0.05) is 12.3 Å². The average molecular weight is 364 g/mol. The van der Waals surface area contributed by atoms with Gasteiger partial charge in [-0.05, 0) is 42.2 Å². The predicted molar refractivity (Wildman–Crippen MR) is 97.5 cm³/mol. The summed E-state index contributed by atoms with van der Waals surface area (Å²) in [6.07, 6.45) is 3.85.